The molecule has 2 N–H and O–H groups in total. The number of nitrogens with zero attached hydrogens (tertiary/aromatic N) is 3. The highest BCUT2D eigenvalue weighted by Gasteiger charge is 2.29. The summed E-state index contributed by atoms with van der Waals surface area (Å²) >= 11 is 0. The summed E-state index contributed by atoms with van der Waals surface area (Å²) in [6.07, 6.45) is 3.19. The van der Waals surface area contributed by atoms with Gasteiger partial charge >= 0.3 is 12.0 Å². The lowest BCUT2D eigenvalue weighted by Crippen LogP contribution is -2.51. The van der Waals surface area contributed by atoms with Crippen LogP contribution >= 0.6 is 0 Å². The molecule has 2 rings (SSSR count). The van der Waals surface area contributed by atoms with E-state index in [9.17, 15) is 9.59 Å². The second-order valence-corrected chi connectivity index (χ2v) is 5.25. The molecule has 0 bridgehead atoms. The SMILES string of the molecule is CC(C)n1cc(NC(=O)N2CCOCC2CC(=O)O)cn1. The molecule has 0 aromatic carbocycles. The van der Waals surface area contributed by atoms with Gasteiger partial charge in [-0.2, -0.15) is 5.10 Å². The van der Waals surface area contributed by atoms with Crippen LogP contribution in [-0.4, -0.2) is 57.6 Å². The maximum atomic E-state index is 12.3. The van der Waals surface area contributed by atoms with Crippen molar-refractivity contribution in [3.8, 4) is 0 Å². The first-order valence-corrected chi connectivity index (χ1v) is 6.88. The Labute approximate surface area is 122 Å². The summed E-state index contributed by atoms with van der Waals surface area (Å²) in [6.45, 7) is 5.01. The highest BCUT2D eigenvalue weighted by Crippen LogP contribution is 2.15. The van der Waals surface area contributed by atoms with Gasteiger partial charge in [-0.15, -0.1) is 0 Å². The van der Waals surface area contributed by atoms with E-state index in [1.165, 1.54) is 4.90 Å². The Morgan fingerprint density at radius 2 is 2.33 bits per heavy atom. The van der Waals surface area contributed by atoms with E-state index in [0.717, 1.165) is 0 Å². The molecule has 1 aliphatic heterocycles. The normalized spacial score (nSPS) is 18.8. The second-order valence-electron chi connectivity index (χ2n) is 5.25. The fourth-order valence-corrected chi connectivity index (χ4v) is 2.17. The van der Waals surface area contributed by atoms with E-state index in [1.54, 1.807) is 17.1 Å². The van der Waals surface area contributed by atoms with Gasteiger partial charge in [0.05, 0.1) is 37.6 Å². The molecule has 0 saturated carbocycles. The van der Waals surface area contributed by atoms with Crippen LogP contribution in [0.1, 0.15) is 26.3 Å². The van der Waals surface area contributed by atoms with Crippen molar-refractivity contribution in [3.05, 3.63) is 12.4 Å². The van der Waals surface area contributed by atoms with Crippen molar-refractivity contribution in [3.63, 3.8) is 0 Å². The highest BCUT2D eigenvalue weighted by atomic mass is 16.5. The monoisotopic (exact) mass is 296 g/mol. The standard InChI is InChI=1S/C13H20N4O4/c1-9(2)17-7-10(6-14-17)15-13(20)16-3-4-21-8-11(16)5-12(18)19/h6-7,9,11H,3-5,8H2,1-2H3,(H,15,20)(H,18,19). The first-order valence-electron chi connectivity index (χ1n) is 6.88. The number of morpholine rings is 1. The number of ether oxygens (including phenoxy) is 1. The van der Waals surface area contributed by atoms with E-state index in [2.05, 4.69) is 10.4 Å². The molecule has 1 saturated heterocycles. The quantitative estimate of drug-likeness (QED) is 0.869. The smallest absolute Gasteiger partial charge is 0.322 e. The number of rotatable bonds is 4. The molecule has 8 nitrogen and oxygen atoms in total. The number of nitrogens with one attached hydrogen (secondary N) is 1. The number of hydrogen-bond donors (Lipinski definition) is 2. The number of aromatic nitrogens is 2. The molecule has 1 atom stereocenters. The third-order valence-electron chi connectivity index (χ3n) is 3.28. The van der Waals surface area contributed by atoms with Gasteiger partial charge in [0.2, 0.25) is 0 Å². The molecule has 8 heteroatoms. The second kappa shape index (κ2) is 6.57. The Hall–Kier alpha value is -2.09. The molecule has 1 aromatic rings. The Kier molecular flexibility index (Phi) is 4.79. The molecule has 116 valence electrons. The van der Waals surface area contributed by atoms with E-state index in [0.29, 0.717) is 18.8 Å². The van der Waals surface area contributed by atoms with E-state index < -0.39 is 12.0 Å². The minimum Gasteiger partial charge on any atom is -0.481 e. The summed E-state index contributed by atoms with van der Waals surface area (Å²) < 4.78 is 6.99. The van der Waals surface area contributed by atoms with Crippen molar-refractivity contribution >= 4 is 17.7 Å². The predicted molar refractivity (Wildman–Crippen MR) is 75.2 cm³/mol. The van der Waals surface area contributed by atoms with Gasteiger partial charge in [-0.05, 0) is 13.8 Å². The summed E-state index contributed by atoms with van der Waals surface area (Å²) in [7, 11) is 0. The van der Waals surface area contributed by atoms with Gasteiger partial charge in [-0.3, -0.25) is 9.48 Å². The molecule has 2 heterocycles. The van der Waals surface area contributed by atoms with E-state index in [1.807, 2.05) is 13.8 Å². The topological polar surface area (TPSA) is 96.7 Å². The lowest BCUT2D eigenvalue weighted by Gasteiger charge is -2.34. The number of anilines is 1. The number of carbonyl (C=O) groups is 2. The fourth-order valence-electron chi connectivity index (χ4n) is 2.17. The average Bonchev–Trinajstić information content (AvgIpc) is 2.87. The molecule has 2 amide bonds. The largest absolute Gasteiger partial charge is 0.481 e. The van der Waals surface area contributed by atoms with Crippen molar-refractivity contribution in [2.45, 2.75) is 32.4 Å². The zero-order valence-corrected chi connectivity index (χ0v) is 12.2. The number of amides is 2. The molecule has 0 radical (unpaired) electrons. The lowest BCUT2D eigenvalue weighted by molar-refractivity contribution is -0.139. The van der Waals surface area contributed by atoms with Crippen LogP contribution in [0.2, 0.25) is 0 Å². The van der Waals surface area contributed by atoms with Crippen LogP contribution in [0.3, 0.4) is 0 Å². The van der Waals surface area contributed by atoms with E-state index >= 15 is 0 Å². The Balaban J connectivity index is 2.01. The minimum absolute atomic E-state index is 0.126. The summed E-state index contributed by atoms with van der Waals surface area (Å²) in [4.78, 5) is 24.6. The van der Waals surface area contributed by atoms with Gasteiger partial charge in [-0.1, -0.05) is 0 Å². The number of carboxylic acid groups (broad SMARTS) is 1. The molecule has 1 fully saturated rings. The number of carboxylic acids is 1. The first kappa shape index (κ1) is 15.3. The van der Waals surface area contributed by atoms with E-state index in [-0.39, 0.29) is 25.1 Å². The number of aliphatic carboxylic acids is 1. The summed E-state index contributed by atoms with van der Waals surface area (Å²) in [5.41, 5.74) is 0.592. The Bertz CT molecular complexity index is 514. The summed E-state index contributed by atoms with van der Waals surface area (Å²) in [5, 5.41) is 15.8. The van der Waals surface area contributed by atoms with Gasteiger partial charge < -0.3 is 20.1 Å². The third kappa shape index (κ3) is 3.94. The molecular weight excluding hydrogens is 276 g/mol. The lowest BCUT2D eigenvalue weighted by atomic mass is 10.1. The summed E-state index contributed by atoms with van der Waals surface area (Å²) in [6, 6.07) is -0.567. The van der Waals surface area contributed by atoms with Crippen LogP contribution in [0.15, 0.2) is 12.4 Å². The van der Waals surface area contributed by atoms with Crippen molar-refractivity contribution < 1.29 is 19.4 Å². The van der Waals surface area contributed by atoms with Crippen LogP contribution in [0.25, 0.3) is 0 Å². The highest BCUT2D eigenvalue weighted by molar-refractivity contribution is 5.89. The van der Waals surface area contributed by atoms with Gasteiger partial charge in [0.15, 0.2) is 0 Å². The first-order chi connectivity index (χ1) is 9.97. The molecule has 1 aliphatic rings. The van der Waals surface area contributed by atoms with Gasteiger partial charge in [0, 0.05) is 18.8 Å². The maximum absolute atomic E-state index is 12.3. The maximum Gasteiger partial charge on any atom is 0.322 e. The number of urea groups is 1. The molecular formula is C13H20N4O4. The van der Waals surface area contributed by atoms with Gasteiger partial charge in [0.25, 0.3) is 0 Å². The van der Waals surface area contributed by atoms with Crippen molar-refractivity contribution in [1.29, 1.82) is 0 Å². The van der Waals surface area contributed by atoms with Crippen molar-refractivity contribution in [1.82, 2.24) is 14.7 Å². The summed E-state index contributed by atoms with van der Waals surface area (Å²) in [5.74, 6) is -0.948. The molecule has 21 heavy (non-hydrogen) atoms. The van der Waals surface area contributed by atoms with Crippen LogP contribution in [0.4, 0.5) is 10.5 Å². The molecule has 0 aliphatic carbocycles. The third-order valence-corrected chi connectivity index (χ3v) is 3.28. The van der Waals surface area contributed by atoms with Gasteiger partial charge in [0.1, 0.15) is 0 Å². The van der Waals surface area contributed by atoms with Crippen molar-refractivity contribution in [2.75, 3.05) is 25.1 Å². The van der Waals surface area contributed by atoms with E-state index in [4.69, 9.17) is 9.84 Å². The van der Waals surface area contributed by atoms with Crippen LogP contribution in [0.5, 0.6) is 0 Å². The molecule has 0 spiro atoms. The zero-order valence-electron chi connectivity index (χ0n) is 12.2. The molecule has 1 aromatic heterocycles. The fraction of sp³-hybridized carbons (Fsp3) is 0.615. The van der Waals surface area contributed by atoms with Crippen LogP contribution in [-0.2, 0) is 9.53 Å². The average molecular weight is 296 g/mol. The number of carbonyl (C=O) groups excluding carboxylic acids is 1. The van der Waals surface area contributed by atoms with Crippen molar-refractivity contribution in [2.24, 2.45) is 0 Å². The Morgan fingerprint density at radius 1 is 1.57 bits per heavy atom. The number of hydrogen-bond acceptors (Lipinski definition) is 4. The predicted octanol–water partition coefficient (Wildman–Crippen LogP) is 1.17. The van der Waals surface area contributed by atoms with Crippen LogP contribution in [0, 0.1) is 0 Å². The zero-order chi connectivity index (χ0) is 15.4. The Morgan fingerprint density at radius 3 is 2.95 bits per heavy atom. The molecule has 1 unspecified atom stereocenters. The van der Waals surface area contributed by atoms with Crippen LogP contribution < -0.4 is 5.32 Å². The van der Waals surface area contributed by atoms with Gasteiger partial charge in [-0.25, -0.2) is 4.79 Å². The minimum atomic E-state index is -0.948.